The molecule has 1 aromatic heterocycles. The molecule has 1 unspecified atom stereocenters. The Morgan fingerprint density at radius 2 is 1.92 bits per heavy atom. The number of likely N-dealkylation sites (tertiary alicyclic amines) is 1. The summed E-state index contributed by atoms with van der Waals surface area (Å²) in [6.07, 6.45) is 10.3. The van der Waals surface area contributed by atoms with Crippen molar-refractivity contribution < 1.29 is 9.47 Å². The van der Waals surface area contributed by atoms with Crippen molar-refractivity contribution in [1.82, 2.24) is 9.88 Å². The van der Waals surface area contributed by atoms with Gasteiger partial charge in [-0.1, -0.05) is 0 Å². The molecule has 4 heteroatoms. The summed E-state index contributed by atoms with van der Waals surface area (Å²) >= 11 is 0. The molecule has 2 aliphatic heterocycles. The van der Waals surface area contributed by atoms with E-state index in [0.29, 0.717) is 11.3 Å². The number of hydrogen-bond acceptors (Lipinski definition) is 4. The largest absolute Gasteiger partial charge is 0.381 e. The average Bonchev–Trinajstić information content (AvgIpc) is 3.44. The van der Waals surface area contributed by atoms with Gasteiger partial charge in [0.2, 0.25) is 0 Å². The summed E-state index contributed by atoms with van der Waals surface area (Å²) in [5.41, 5.74) is 1.83. The van der Waals surface area contributed by atoms with E-state index >= 15 is 0 Å². The van der Waals surface area contributed by atoms with Crippen LogP contribution >= 0.6 is 0 Å². The van der Waals surface area contributed by atoms with Crippen LogP contribution in [0.5, 0.6) is 0 Å². The Hall–Kier alpha value is -0.970. The van der Waals surface area contributed by atoms with Crippen LogP contribution in [0.1, 0.15) is 37.7 Å². The highest BCUT2D eigenvalue weighted by Gasteiger charge is 2.43. The van der Waals surface area contributed by atoms with Gasteiger partial charge in [-0.15, -0.1) is 0 Å². The maximum absolute atomic E-state index is 6.05. The van der Waals surface area contributed by atoms with E-state index in [1.165, 1.54) is 50.8 Å². The zero-order chi connectivity index (χ0) is 16.2. The molecule has 0 bridgehead atoms. The van der Waals surface area contributed by atoms with Crippen molar-refractivity contribution in [2.45, 2.75) is 38.6 Å². The number of aromatic nitrogens is 1. The fraction of sp³-hybridized carbons (Fsp3) is 0.750. The third-order valence-electron chi connectivity index (χ3n) is 6.31. The number of hydrogen-bond donors (Lipinski definition) is 0. The molecule has 1 saturated carbocycles. The van der Waals surface area contributed by atoms with Crippen molar-refractivity contribution in [2.24, 2.45) is 17.3 Å². The highest BCUT2D eigenvalue weighted by Crippen LogP contribution is 2.45. The van der Waals surface area contributed by atoms with Crippen molar-refractivity contribution in [1.29, 1.82) is 0 Å². The summed E-state index contributed by atoms with van der Waals surface area (Å²) in [4.78, 5) is 6.71. The lowest BCUT2D eigenvalue weighted by atomic mass is 9.66. The molecule has 0 radical (unpaired) electrons. The molecule has 1 aromatic rings. The van der Waals surface area contributed by atoms with Crippen LogP contribution in [0.15, 0.2) is 24.5 Å². The number of nitrogens with zero attached hydrogens (tertiary/aromatic N) is 2. The Morgan fingerprint density at radius 3 is 2.67 bits per heavy atom. The molecule has 1 atom stereocenters. The van der Waals surface area contributed by atoms with Crippen molar-refractivity contribution in [3.63, 3.8) is 0 Å². The molecule has 4 nitrogen and oxygen atoms in total. The molecule has 24 heavy (non-hydrogen) atoms. The van der Waals surface area contributed by atoms with Crippen LogP contribution in [0.25, 0.3) is 0 Å². The predicted octanol–water partition coefficient (Wildman–Crippen LogP) is 3.13. The molecule has 4 rings (SSSR count). The topological polar surface area (TPSA) is 34.6 Å². The molecule has 0 N–H and O–H groups in total. The van der Waals surface area contributed by atoms with Gasteiger partial charge in [0.15, 0.2) is 0 Å². The molecule has 1 spiro atoms. The Kier molecular flexibility index (Phi) is 5.16. The lowest BCUT2D eigenvalue weighted by Crippen LogP contribution is -2.49. The van der Waals surface area contributed by atoms with Gasteiger partial charge in [0, 0.05) is 38.1 Å². The van der Waals surface area contributed by atoms with Crippen LogP contribution < -0.4 is 0 Å². The Morgan fingerprint density at radius 1 is 1.12 bits per heavy atom. The Labute approximate surface area is 145 Å². The second-order valence-corrected chi connectivity index (χ2v) is 8.00. The van der Waals surface area contributed by atoms with Gasteiger partial charge in [0.25, 0.3) is 0 Å². The molecule has 0 amide bonds. The summed E-state index contributed by atoms with van der Waals surface area (Å²) in [5.74, 6) is 1.45. The van der Waals surface area contributed by atoms with Crippen molar-refractivity contribution >= 4 is 0 Å². The fourth-order valence-corrected chi connectivity index (χ4v) is 4.33. The van der Waals surface area contributed by atoms with Crippen LogP contribution in [-0.4, -0.2) is 49.4 Å². The normalized spacial score (nSPS) is 27.4. The summed E-state index contributed by atoms with van der Waals surface area (Å²) in [6, 6.07) is 4.26. The maximum Gasteiger partial charge on any atom is 0.0521 e. The molecule has 3 aliphatic rings. The van der Waals surface area contributed by atoms with Gasteiger partial charge in [0.05, 0.1) is 13.2 Å². The lowest BCUT2D eigenvalue weighted by molar-refractivity contribution is -0.101. The quantitative estimate of drug-likeness (QED) is 0.803. The van der Waals surface area contributed by atoms with E-state index in [4.69, 9.17) is 9.47 Å². The second-order valence-electron chi connectivity index (χ2n) is 8.00. The van der Waals surface area contributed by atoms with Gasteiger partial charge < -0.3 is 9.47 Å². The van der Waals surface area contributed by atoms with E-state index in [1.54, 1.807) is 0 Å². The highest BCUT2D eigenvalue weighted by atomic mass is 16.5. The SMILES string of the molecule is c1cc(CN2CCC3(CCOCC3COCC3CC3)CC2)ccn1. The maximum atomic E-state index is 6.05. The van der Waals surface area contributed by atoms with Gasteiger partial charge in [0.1, 0.15) is 0 Å². The van der Waals surface area contributed by atoms with Crippen LogP contribution in [0, 0.1) is 17.3 Å². The Bertz CT molecular complexity index is 510. The van der Waals surface area contributed by atoms with Gasteiger partial charge >= 0.3 is 0 Å². The first-order valence-corrected chi connectivity index (χ1v) is 9.61. The van der Waals surface area contributed by atoms with E-state index in [0.717, 1.165) is 38.9 Å². The number of rotatable bonds is 6. The second kappa shape index (κ2) is 7.51. The number of piperidine rings is 1. The first kappa shape index (κ1) is 16.5. The van der Waals surface area contributed by atoms with E-state index in [2.05, 4.69) is 22.0 Å². The van der Waals surface area contributed by atoms with E-state index in [9.17, 15) is 0 Å². The first-order valence-electron chi connectivity index (χ1n) is 9.61. The number of ether oxygens (including phenoxy) is 2. The van der Waals surface area contributed by atoms with Gasteiger partial charge in [-0.3, -0.25) is 9.88 Å². The molecule has 3 heterocycles. The fourth-order valence-electron chi connectivity index (χ4n) is 4.33. The van der Waals surface area contributed by atoms with Crippen molar-refractivity contribution in [3.8, 4) is 0 Å². The van der Waals surface area contributed by atoms with E-state index in [1.807, 2.05) is 12.4 Å². The molecule has 132 valence electrons. The van der Waals surface area contributed by atoms with Gasteiger partial charge in [-0.05, 0) is 74.2 Å². The zero-order valence-corrected chi connectivity index (χ0v) is 14.7. The molecule has 3 fully saturated rings. The minimum Gasteiger partial charge on any atom is -0.381 e. The third-order valence-corrected chi connectivity index (χ3v) is 6.31. The van der Waals surface area contributed by atoms with Crippen LogP contribution in [-0.2, 0) is 16.0 Å². The van der Waals surface area contributed by atoms with Crippen LogP contribution in [0.2, 0.25) is 0 Å². The summed E-state index contributed by atoms with van der Waals surface area (Å²) in [5, 5.41) is 0. The monoisotopic (exact) mass is 330 g/mol. The standard InChI is InChI=1S/C20H30N2O2/c1-2-18(1)14-24-16-19-15-23-12-7-20(19)5-10-22(11-6-20)13-17-3-8-21-9-4-17/h3-4,8-9,18-19H,1-2,5-7,10-16H2. The zero-order valence-electron chi connectivity index (χ0n) is 14.7. The van der Waals surface area contributed by atoms with E-state index in [-0.39, 0.29) is 0 Å². The molecule has 2 saturated heterocycles. The number of pyridine rings is 1. The lowest BCUT2D eigenvalue weighted by Gasteiger charge is -2.49. The van der Waals surface area contributed by atoms with Crippen LogP contribution in [0.4, 0.5) is 0 Å². The summed E-state index contributed by atoms with van der Waals surface area (Å²) < 4.78 is 11.9. The van der Waals surface area contributed by atoms with Crippen molar-refractivity contribution in [3.05, 3.63) is 30.1 Å². The smallest absolute Gasteiger partial charge is 0.0521 e. The van der Waals surface area contributed by atoms with E-state index < -0.39 is 0 Å². The summed E-state index contributed by atoms with van der Waals surface area (Å²) in [6.45, 7) is 7.15. The molecular formula is C20H30N2O2. The molecule has 0 aromatic carbocycles. The average molecular weight is 330 g/mol. The van der Waals surface area contributed by atoms with Crippen molar-refractivity contribution in [2.75, 3.05) is 39.5 Å². The molecule has 1 aliphatic carbocycles. The van der Waals surface area contributed by atoms with Gasteiger partial charge in [-0.2, -0.15) is 0 Å². The minimum atomic E-state index is 0.455. The molecular weight excluding hydrogens is 300 g/mol. The first-order chi connectivity index (χ1) is 11.8. The highest BCUT2D eigenvalue weighted by molar-refractivity contribution is 5.09. The minimum absolute atomic E-state index is 0.455. The van der Waals surface area contributed by atoms with Crippen LogP contribution in [0.3, 0.4) is 0 Å². The van der Waals surface area contributed by atoms with Gasteiger partial charge in [-0.25, -0.2) is 0 Å². The summed E-state index contributed by atoms with van der Waals surface area (Å²) in [7, 11) is 0. The third kappa shape index (κ3) is 3.98. The Balaban J connectivity index is 1.30. The predicted molar refractivity (Wildman–Crippen MR) is 93.7 cm³/mol.